The Balaban J connectivity index is 1.85. The number of nitrogens with one attached hydrogen (secondary N) is 3. The van der Waals surface area contributed by atoms with E-state index in [1.807, 2.05) is 0 Å². The molecule has 8 heteroatoms. The highest BCUT2D eigenvalue weighted by atomic mass is 32.2. The molecule has 0 saturated carbocycles. The molecule has 0 spiro atoms. The maximum atomic E-state index is 12.3. The van der Waals surface area contributed by atoms with Crippen LogP contribution in [0, 0.1) is 11.8 Å². The molecule has 3 amide bonds. The molecule has 2 saturated heterocycles. The Morgan fingerprint density at radius 3 is 2.59 bits per heavy atom. The average molecular weight is 329 g/mol. The van der Waals surface area contributed by atoms with Crippen LogP contribution in [0.1, 0.15) is 26.2 Å². The van der Waals surface area contributed by atoms with Gasteiger partial charge in [0.15, 0.2) is 0 Å². The van der Waals surface area contributed by atoms with Crippen molar-refractivity contribution in [3.8, 4) is 0 Å². The van der Waals surface area contributed by atoms with Gasteiger partial charge >= 0.3 is 6.09 Å². The molecule has 0 aliphatic carbocycles. The lowest BCUT2D eigenvalue weighted by Gasteiger charge is -2.25. The van der Waals surface area contributed by atoms with E-state index in [-0.39, 0.29) is 35.6 Å². The van der Waals surface area contributed by atoms with Crippen LogP contribution in [0.15, 0.2) is 0 Å². The summed E-state index contributed by atoms with van der Waals surface area (Å²) in [4.78, 5) is 35.7. The molecule has 0 aromatic heterocycles. The smallest absolute Gasteiger partial charge is 0.413 e. The Labute approximate surface area is 134 Å². The Hall–Kier alpha value is -1.28. The fourth-order valence-electron chi connectivity index (χ4n) is 2.70. The number of thioether (sulfide) groups is 1. The molecule has 2 aliphatic heterocycles. The maximum Gasteiger partial charge on any atom is 0.413 e. The quantitative estimate of drug-likeness (QED) is 0.693. The van der Waals surface area contributed by atoms with Crippen molar-refractivity contribution < 1.29 is 19.1 Å². The molecule has 0 aromatic rings. The molecule has 0 bridgehead atoms. The van der Waals surface area contributed by atoms with Crippen molar-refractivity contribution in [2.75, 3.05) is 25.4 Å². The van der Waals surface area contributed by atoms with Crippen LogP contribution < -0.4 is 16.0 Å². The third-order valence-corrected chi connectivity index (χ3v) is 5.20. The lowest BCUT2D eigenvalue weighted by molar-refractivity contribution is -0.127. The third-order valence-electron chi connectivity index (χ3n) is 3.92. The van der Waals surface area contributed by atoms with Gasteiger partial charge in [0.05, 0.1) is 17.9 Å². The largest absolute Gasteiger partial charge is 0.450 e. The first-order chi connectivity index (χ1) is 10.6. The van der Waals surface area contributed by atoms with Crippen molar-refractivity contribution in [2.24, 2.45) is 11.8 Å². The first-order valence-corrected chi connectivity index (χ1v) is 8.77. The molecule has 2 fully saturated rings. The molecule has 2 rings (SSSR count). The van der Waals surface area contributed by atoms with Crippen LogP contribution >= 0.6 is 11.8 Å². The summed E-state index contributed by atoms with van der Waals surface area (Å²) in [6, 6.07) is 0. The first-order valence-electron chi connectivity index (χ1n) is 7.72. The van der Waals surface area contributed by atoms with Gasteiger partial charge < -0.3 is 15.4 Å². The highest BCUT2D eigenvalue weighted by molar-refractivity contribution is 8.00. The van der Waals surface area contributed by atoms with Crippen molar-refractivity contribution in [3.63, 3.8) is 0 Å². The van der Waals surface area contributed by atoms with E-state index in [1.165, 1.54) is 0 Å². The number of ether oxygens (including phenoxy) is 1. The maximum absolute atomic E-state index is 12.3. The Bertz CT molecular complexity index is 426. The van der Waals surface area contributed by atoms with Crippen LogP contribution in [0.4, 0.5) is 4.79 Å². The molecule has 2 unspecified atom stereocenters. The minimum Gasteiger partial charge on any atom is -0.450 e. The Morgan fingerprint density at radius 1 is 1.18 bits per heavy atom. The van der Waals surface area contributed by atoms with Gasteiger partial charge in [-0.15, -0.1) is 11.8 Å². The zero-order valence-corrected chi connectivity index (χ0v) is 13.5. The Kier molecular flexibility index (Phi) is 6.50. The summed E-state index contributed by atoms with van der Waals surface area (Å²) < 4.78 is 4.71. The number of rotatable bonds is 4. The lowest BCUT2D eigenvalue weighted by Crippen LogP contribution is -2.47. The van der Waals surface area contributed by atoms with Crippen LogP contribution in [0.3, 0.4) is 0 Å². The summed E-state index contributed by atoms with van der Waals surface area (Å²) in [7, 11) is 0. The average Bonchev–Trinajstić information content (AvgIpc) is 2.96. The molecular formula is C14H23N3O4S. The van der Waals surface area contributed by atoms with Gasteiger partial charge in [0.2, 0.25) is 11.8 Å². The lowest BCUT2D eigenvalue weighted by atomic mass is 9.96. The van der Waals surface area contributed by atoms with Crippen LogP contribution in [-0.2, 0) is 14.3 Å². The molecular weight excluding hydrogens is 306 g/mol. The first kappa shape index (κ1) is 17.1. The van der Waals surface area contributed by atoms with Crippen molar-refractivity contribution in [1.29, 1.82) is 0 Å². The second-order valence-electron chi connectivity index (χ2n) is 5.43. The second kappa shape index (κ2) is 8.38. The SMILES string of the molecule is CCOC(=O)NC(=O)C1CCSC1NC(=O)C1CCNCC1. The molecule has 3 N–H and O–H groups in total. The second-order valence-corrected chi connectivity index (χ2v) is 6.68. The number of hydrogen-bond donors (Lipinski definition) is 3. The normalized spacial score (nSPS) is 25.5. The van der Waals surface area contributed by atoms with Crippen molar-refractivity contribution in [3.05, 3.63) is 0 Å². The van der Waals surface area contributed by atoms with Crippen molar-refractivity contribution in [2.45, 2.75) is 31.6 Å². The van der Waals surface area contributed by atoms with Crippen molar-refractivity contribution >= 4 is 29.7 Å². The summed E-state index contributed by atoms with van der Waals surface area (Å²) in [6.45, 7) is 3.59. The minimum absolute atomic E-state index is 0.00911. The van der Waals surface area contributed by atoms with Crippen LogP contribution in [0.25, 0.3) is 0 Å². The summed E-state index contributed by atoms with van der Waals surface area (Å²) in [6.07, 6.45) is 1.56. The molecule has 2 atom stereocenters. The van der Waals surface area contributed by atoms with E-state index >= 15 is 0 Å². The molecule has 22 heavy (non-hydrogen) atoms. The van der Waals surface area contributed by atoms with Crippen LogP contribution in [-0.4, -0.2) is 48.7 Å². The molecule has 7 nitrogen and oxygen atoms in total. The highest BCUT2D eigenvalue weighted by Gasteiger charge is 2.36. The zero-order valence-electron chi connectivity index (χ0n) is 12.7. The molecule has 2 aliphatic rings. The number of hydrogen-bond acceptors (Lipinski definition) is 6. The topological polar surface area (TPSA) is 96.5 Å². The predicted molar refractivity (Wildman–Crippen MR) is 83.3 cm³/mol. The van der Waals surface area contributed by atoms with Crippen molar-refractivity contribution in [1.82, 2.24) is 16.0 Å². The van der Waals surface area contributed by atoms with E-state index in [4.69, 9.17) is 4.74 Å². The predicted octanol–water partition coefficient (Wildman–Crippen LogP) is 0.454. The zero-order chi connectivity index (χ0) is 15.9. The van der Waals surface area contributed by atoms with E-state index in [1.54, 1.807) is 18.7 Å². The minimum atomic E-state index is -0.729. The van der Waals surface area contributed by atoms with Gasteiger partial charge in [0.25, 0.3) is 0 Å². The number of imide groups is 1. The monoisotopic (exact) mass is 329 g/mol. The highest BCUT2D eigenvalue weighted by Crippen LogP contribution is 2.31. The van der Waals surface area contributed by atoms with E-state index in [0.717, 1.165) is 31.7 Å². The van der Waals surface area contributed by atoms with E-state index in [9.17, 15) is 14.4 Å². The fraction of sp³-hybridized carbons (Fsp3) is 0.786. The van der Waals surface area contributed by atoms with E-state index in [0.29, 0.717) is 6.42 Å². The summed E-state index contributed by atoms with van der Waals surface area (Å²) >= 11 is 1.55. The van der Waals surface area contributed by atoms with Gasteiger partial charge in [-0.25, -0.2) is 4.79 Å². The van der Waals surface area contributed by atoms with Gasteiger partial charge in [-0.3, -0.25) is 14.9 Å². The summed E-state index contributed by atoms with van der Waals surface area (Å²) in [5, 5.41) is 8.16. The van der Waals surface area contributed by atoms with Crippen LogP contribution in [0.2, 0.25) is 0 Å². The van der Waals surface area contributed by atoms with Gasteiger partial charge in [-0.1, -0.05) is 0 Å². The number of carbonyl (C=O) groups excluding carboxylic acids is 3. The fourth-order valence-corrected chi connectivity index (χ4v) is 4.04. The van der Waals surface area contributed by atoms with Gasteiger partial charge in [-0.05, 0) is 45.0 Å². The Morgan fingerprint density at radius 2 is 1.91 bits per heavy atom. The molecule has 0 aromatic carbocycles. The number of piperidine rings is 1. The standard InChI is InChI=1S/C14H23N3O4S/c1-2-21-14(20)17-12(19)10-5-8-22-13(10)16-11(18)9-3-6-15-7-4-9/h9-10,13,15H,2-8H2,1H3,(H,16,18)(H,17,19,20). The summed E-state index contributed by atoms with van der Waals surface area (Å²) in [5.74, 6) is 0.0446. The number of carbonyl (C=O) groups is 3. The van der Waals surface area contributed by atoms with Gasteiger partial charge in [-0.2, -0.15) is 0 Å². The summed E-state index contributed by atoms with van der Waals surface area (Å²) in [5.41, 5.74) is 0. The van der Waals surface area contributed by atoms with E-state index in [2.05, 4.69) is 16.0 Å². The molecule has 0 radical (unpaired) electrons. The molecule has 2 heterocycles. The number of alkyl carbamates (subject to hydrolysis) is 1. The number of amides is 3. The van der Waals surface area contributed by atoms with Crippen LogP contribution in [0.5, 0.6) is 0 Å². The van der Waals surface area contributed by atoms with Gasteiger partial charge in [0, 0.05) is 5.92 Å². The van der Waals surface area contributed by atoms with Gasteiger partial charge in [0.1, 0.15) is 0 Å². The molecule has 124 valence electrons. The van der Waals surface area contributed by atoms with E-state index < -0.39 is 6.09 Å². The third kappa shape index (κ3) is 4.61.